The van der Waals surface area contributed by atoms with Crippen LogP contribution in [0.1, 0.15) is 44.1 Å². The summed E-state index contributed by atoms with van der Waals surface area (Å²) in [6, 6.07) is 8.48. The summed E-state index contributed by atoms with van der Waals surface area (Å²) in [5.74, 6) is 1.06. The Morgan fingerprint density at radius 1 is 1.21 bits per heavy atom. The standard InChI is InChI=1S/C20H29N5O2.HI/c1-21-20(22-12-2-4-18(26)24-16-8-9-16)23-14-15-6-10-17(11-7-15)25-13-3-5-19(25)27;/h6-7,10-11,16H,2-5,8-9,12-14H2,1H3,(H,24,26)(H2,21,22,23);1H. The molecule has 0 unspecified atom stereocenters. The minimum absolute atomic E-state index is 0. The minimum Gasteiger partial charge on any atom is -0.356 e. The second kappa shape index (κ2) is 11.2. The van der Waals surface area contributed by atoms with Crippen molar-refractivity contribution in [3.63, 3.8) is 0 Å². The molecule has 0 aromatic heterocycles. The first-order valence-corrected chi connectivity index (χ1v) is 9.79. The Morgan fingerprint density at radius 3 is 2.57 bits per heavy atom. The number of aliphatic imine (C=N–C) groups is 1. The van der Waals surface area contributed by atoms with E-state index < -0.39 is 0 Å². The van der Waals surface area contributed by atoms with Crippen LogP contribution in [0.25, 0.3) is 0 Å². The zero-order chi connectivity index (χ0) is 19.1. The number of rotatable bonds is 8. The molecule has 1 aliphatic heterocycles. The van der Waals surface area contributed by atoms with Crippen LogP contribution in [0.5, 0.6) is 0 Å². The molecule has 1 aromatic carbocycles. The van der Waals surface area contributed by atoms with Gasteiger partial charge in [-0.1, -0.05) is 12.1 Å². The molecule has 2 amide bonds. The average molecular weight is 499 g/mol. The number of carbonyl (C=O) groups excluding carboxylic acids is 2. The van der Waals surface area contributed by atoms with Gasteiger partial charge in [-0.05, 0) is 43.4 Å². The van der Waals surface area contributed by atoms with Crippen molar-refractivity contribution in [3.05, 3.63) is 29.8 Å². The number of nitrogens with zero attached hydrogens (tertiary/aromatic N) is 2. The molecular formula is C20H30IN5O2. The predicted molar refractivity (Wildman–Crippen MR) is 122 cm³/mol. The lowest BCUT2D eigenvalue weighted by Gasteiger charge is -2.16. The number of halogens is 1. The van der Waals surface area contributed by atoms with E-state index in [1.807, 2.05) is 29.2 Å². The van der Waals surface area contributed by atoms with Gasteiger partial charge in [-0.3, -0.25) is 14.6 Å². The number of hydrogen-bond donors (Lipinski definition) is 3. The van der Waals surface area contributed by atoms with Crippen LogP contribution in [0.4, 0.5) is 5.69 Å². The van der Waals surface area contributed by atoms with Crippen LogP contribution in [0, 0.1) is 0 Å². The van der Waals surface area contributed by atoms with E-state index in [1.165, 1.54) is 0 Å². The van der Waals surface area contributed by atoms with E-state index in [9.17, 15) is 9.59 Å². The maximum atomic E-state index is 11.8. The number of amides is 2. The van der Waals surface area contributed by atoms with Gasteiger partial charge in [0.05, 0.1) is 0 Å². The number of guanidine groups is 1. The Morgan fingerprint density at radius 2 is 1.96 bits per heavy atom. The molecule has 2 aliphatic rings. The van der Waals surface area contributed by atoms with Crippen LogP contribution in [-0.2, 0) is 16.1 Å². The lowest BCUT2D eigenvalue weighted by atomic mass is 10.2. The molecule has 1 heterocycles. The number of benzene rings is 1. The SMILES string of the molecule is CN=C(NCCCC(=O)NC1CC1)NCc1ccc(N2CCCC2=O)cc1.I. The van der Waals surface area contributed by atoms with Crippen molar-refractivity contribution in [1.82, 2.24) is 16.0 Å². The zero-order valence-electron chi connectivity index (χ0n) is 16.4. The number of anilines is 1. The third kappa shape index (κ3) is 6.96. The summed E-state index contributed by atoms with van der Waals surface area (Å²) in [4.78, 5) is 29.5. The largest absolute Gasteiger partial charge is 0.356 e. The van der Waals surface area contributed by atoms with Gasteiger partial charge in [-0.2, -0.15) is 0 Å². The molecule has 3 rings (SSSR count). The lowest BCUT2D eigenvalue weighted by Crippen LogP contribution is -2.37. The Labute approximate surface area is 183 Å². The highest BCUT2D eigenvalue weighted by Crippen LogP contribution is 2.21. The fourth-order valence-corrected chi connectivity index (χ4v) is 3.10. The molecule has 1 aromatic rings. The summed E-state index contributed by atoms with van der Waals surface area (Å²) in [7, 11) is 1.73. The van der Waals surface area contributed by atoms with Gasteiger partial charge in [-0.25, -0.2) is 0 Å². The van der Waals surface area contributed by atoms with E-state index in [0.29, 0.717) is 32.0 Å². The Kier molecular flexibility index (Phi) is 9.01. The third-order valence-corrected chi connectivity index (χ3v) is 4.82. The Bertz CT molecular complexity index is 688. The van der Waals surface area contributed by atoms with Crippen molar-refractivity contribution in [2.45, 2.75) is 51.1 Å². The molecule has 1 saturated heterocycles. The van der Waals surface area contributed by atoms with Crippen LogP contribution >= 0.6 is 24.0 Å². The van der Waals surface area contributed by atoms with Crippen LogP contribution < -0.4 is 20.9 Å². The van der Waals surface area contributed by atoms with Gasteiger partial charge in [0.2, 0.25) is 11.8 Å². The highest BCUT2D eigenvalue weighted by molar-refractivity contribution is 14.0. The van der Waals surface area contributed by atoms with Gasteiger partial charge in [0, 0.05) is 51.3 Å². The van der Waals surface area contributed by atoms with Gasteiger partial charge in [0.25, 0.3) is 0 Å². The molecule has 0 spiro atoms. The fraction of sp³-hybridized carbons (Fsp3) is 0.550. The van der Waals surface area contributed by atoms with Gasteiger partial charge in [-0.15, -0.1) is 24.0 Å². The Hall–Kier alpha value is -1.84. The highest BCUT2D eigenvalue weighted by atomic mass is 127. The van der Waals surface area contributed by atoms with Gasteiger partial charge < -0.3 is 20.9 Å². The van der Waals surface area contributed by atoms with E-state index in [4.69, 9.17) is 0 Å². The van der Waals surface area contributed by atoms with Crippen molar-refractivity contribution in [2.75, 3.05) is 25.0 Å². The molecule has 1 saturated carbocycles. The van der Waals surface area contributed by atoms with Crippen LogP contribution in [0.2, 0.25) is 0 Å². The van der Waals surface area contributed by atoms with Crippen molar-refractivity contribution in [3.8, 4) is 0 Å². The molecule has 0 atom stereocenters. The first-order valence-electron chi connectivity index (χ1n) is 9.79. The minimum atomic E-state index is 0. The monoisotopic (exact) mass is 499 g/mol. The molecule has 7 nitrogen and oxygen atoms in total. The van der Waals surface area contributed by atoms with Crippen LogP contribution in [0.15, 0.2) is 29.3 Å². The summed E-state index contributed by atoms with van der Waals surface area (Å²) >= 11 is 0. The molecule has 8 heteroatoms. The van der Waals surface area contributed by atoms with E-state index in [2.05, 4.69) is 20.9 Å². The Balaban J connectivity index is 0.00000280. The van der Waals surface area contributed by atoms with Gasteiger partial charge >= 0.3 is 0 Å². The van der Waals surface area contributed by atoms with Crippen LogP contribution in [0.3, 0.4) is 0 Å². The number of carbonyl (C=O) groups is 2. The molecule has 0 bridgehead atoms. The van der Waals surface area contributed by atoms with Gasteiger partial charge in [0.1, 0.15) is 0 Å². The van der Waals surface area contributed by atoms with Crippen molar-refractivity contribution < 1.29 is 9.59 Å². The number of hydrogen-bond acceptors (Lipinski definition) is 3. The topological polar surface area (TPSA) is 85.8 Å². The van der Waals surface area contributed by atoms with Crippen LogP contribution in [-0.4, -0.2) is 44.0 Å². The first kappa shape index (κ1) is 22.4. The fourth-order valence-electron chi connectivity index (χ4n) is 3.10. The van der Waals surface area contributed by atoms with E-state index in [0.717, 1.165) is 49.4 Å². The van der Waals surface area contributed by atoms with E-state index in [1.54, 1.807) is 7.05 Å². The molecule has 28 heavy (non-hydrogen) atoms. The molecule has 2 fully saturated rings. The predicted octanol–water partition coefficient (Wildman–Crippen LogP) is 2.16. The molecule has 3 N–H and O–H groups in total. The average Bonchev–Trinajstić information content (AvgIpc) is 3.39. The third-order valence-electron chi connectivity index (χ3n) is 4.82. The lowest BCUT2D eigenvalue weighted by molar-refractivity contribution is -0.121. The summed E-state index contributed by atoms with van der Waals surface area (Å²) in [6.45, 7) is 2.16. The molecular weight excluding hydrogens is 469 g/mol. The maximum absolute atomic E-state index is 11.8. The van der Waals surface area contributed by atoms with E-state index >= 15 is 0 Å². The quantitative estimate of drug-likeness (QED) is 0.222. The first-order chi connectivity index (χ1) is 13.2. The summed E-state index contributed by atoms with van der Waals surface area (Å²) in [5, 5.41) is 9.50. The molecule has 1 aliphatic carbocycles. The summed E-state index contributed by atoms with van der Waals surface area (Å²) in [5.41, 5.74) is 2.09. The summed E-state index contributed by atoms with van der Waals surface area (Å²) < 4.78 is 0. The van der Waals surface area contributed by atoms with Crippen molar-refractivity contribution in [2.24, 2.45) is 4.99 Å². The highest BCUT2D eigenvalue weighted by Gasteiger charge is 2.23. The number of nitrogens with one attached hydrogen (secondary N) is 3. The van der Waals surface area contributed by atoms with Crippen molar-refractivity contribution >= 4 is 47.4 Å². The normalized spacial score (nSPS) is 16.5. The second-order valence-electron chi connectivity index (χ2n) is 7.11. The van der Waals surface area contributed by atoms with Gasteiger partial charge in [0.15, 0.2) is 5.96 Å². The molecule has 0 radical (unpaired) electrons. The molecule has 154 valence electrons. The smallest absolute Gasteiger partial charge is 0.227 e. The summed E-state index contributed by atoms with van der Waals surface area (Å²) in [6.07, 6.45) is 5.14. The maximum Gasteiger partial charge on any atom is 0.227 e. The zero-order valence-corrected chi connectivity index (χ0v) is 18.7. The van der Waals surface area contributed by atoms with E-state index in [-0.39, 0.29) is 35.8 Å². The second-order valence-corrected chi connectivity index (χ2v) is 7.11. The van der Waals surface area contributed by atoms with Crippen molar-refractivity contribution in [1.29, 1.82) is 0 Å².